The van der Waals surface area contributed by atoms with Gasteiger partial charge in [-0.1, -0.05) is 0 Å². The van der Waals surface area contributed by atoms with E-state index in [1.807, 2.05) is 12.1 Å². The Balaban J connectivity index is 1.94. The molecule has 1 aliphatic rings. The highest BCUT2D eigenvalue weighted by Crippen LogP contribution is 2.09. The summed E-state index contributed by atoms with van der Waals surface area (Å²) in [6.45, 7) is 1.62. The molecule has 2 rings (SSSR count). The summed E-state index contributed by atoms with van der Waals surface area (Å²) in [6, 6.07) is 4.18. The molecule has 0 saturated carbocycles. The molecule has 0 amide bonds. The summed E-state index contributed by atoms with van der Waals surface area (Å²) in [5.74, 6) is 0.827. The number of aromatic nitrogens is 2. The van der Waals surface area contributed by atoms with Crippen molar-refractivity contribution >= 4 is 5.82 Å². The lowest BCUT2D eigenvalue weighted by Gasteiger charge is -2.09. The average Bonchev–Trinajstić information content (AvgIpc) is 2.59. The standard InChI is InChI=1S/C8H11N3O/c1-2-8(11-9-4-1)10-7-3-5-12-6-7/h1-2,4,7H,3,5-6H2,(H,10,11). The van der Waals surface area contributed by atoms with Gasteiger partial charge in [0, 0.05) is 12.8 Å². The predicted molar refractivity (Wildman–Crippen MR) is 44.9 cm³/mol. The van der Waals surface area contributed by atoms with Crippen LogP contribution in [0.15, 0.2) is 18.3 Å². The Morgan fingerprint density at radius 1 is 1.58 bits per heavy atom. The van der Waals surface area contributed by atoms with E-state index in [9.17, 15) is 0 Å². The first kappa shape index (κ1) is 7.49. The smallest absolute Gasteiger partial charge is 0.148 e. The fraction of sp³-hybridized carbons (Fsp3) is 0.500. The van der Waals surface area contributed by atoms with Crippen molar-refractivity contribution in [3.05, 3.63) is 18.3 Å². The number of anilines is 1. The molecule has 4 nitrogen and oxygen atoms in total. The summed E-state index contributed by atoms with van der Waals surface area (Å²) in [5.41, 5.74) is 0. The van der Waals surface area contributed by atoms with Gasteiger partial charge in [0.2, 0.25) is 0 Å². The Morgan fingerprint density at radius 2 is 2.58 bits per heavy atom. The number of nitrogens with one attached hydrogen (secondary N) is 1. The number of hydrogen-bond acceptors (Lipinski definition) is 4. The minimum Gasteiger partial charge on any atom is -0.379 e. The SMILES string of the molecule is c1cnnc(NC2CCOC2)c1. The summed E-state index contributed by atoms with van der Waals surface area (Å²) in [5, 5.41) is 10.9. The molecule has 4 heteroatoms. The summed E-state index contributed by atoms with van der Waals surface area (Å²) < 4.78 is 5.22. The van der Waals surface area contributed by atoms with Gasteiger partial charge in [-0.15, -0.1) is 5.10 Å². The van der Waals surface area contributed by atoms with Crippen LogP contribution in [0.4, 0.5) is 5.82 Å². The highest BCUT2D eigenvalue weighted by atomic mass is 16.5. The zero-order chi connectivity index (χ0) is 8.23. The van der Waals surface area contributed by atoms with Crippen LogP contribution >= 0.6 is 0 Å². The number of hydrogen-bond donors (Lipinski definition) is 1. The van der Waals surface area contributed by atoms with Crippen LogP contribution in [0.3, 0.4) is 0 Å². The summed E-state index contributed by atoms with van der Waals surface area (Å²) in [6.07, 6.45) is 2.72. The first-order chi connectivity index (χ1) is 5.95. The molecule has 1 saturated heterocycles. The van der Waals surface area contributed by atoms with Crippen LogP contribution in [0, 0.1) is 0 Å². The van der Waals surface area contributed by atoms with Crippen molar-refractivity contribution in [1.82, 2.24) is 10.2 Å². The van der Waals surface area contributed by atoms with Gasteiger partial charge in [-0.3, -0.25) is 0 Å². The molecular weight excluding hydrogens is 154 g/mol. The van der Waals surface area contributed by atoms with Gasteiger partial charge in [-0.25, -0.2) is 0 Å². The molecule has 0 radical (unpaired) electrons. The molecule has 1 aromatic heterocycles. The molecule has 1 fully saturated rings. The van der Waals surface area contributed by atoms with Gasteiger partial charge in [0.15, 0.2) is 0 Å². The Morgan fingerprint density at radius 3 is 3.25 bits per heavy atom. The lowest BCUT2D eigenvalue weighted by Crippen LogP contribution is -2.19. The third kappa shape index (κ3) is 1.71. The minimum absolute atomic E-state index is 0.404. The molecule has 2 heterocycles. The van der Waals surface area contributed by atoms with Gasteiger partial charge in [-0.2, -0.15) is 5.10 Å². The van der Waals surface area contributed by atoms with Crippen molar-refractivity contribution in [3.8, 4) is 0 Å². The van der Waals surface area contributed by atoms with Crippen LogP contribution < -0.4 is 5.32 Å². The van der Waals surface area contributed by atoms with Crippen molar-refractivity contribution in [2.24, 2.45) is 0 Å². The Bertz CT molecular complexity index is 233. The topological polar surface area (TPSA) is 47.0 Å². The molecular formula is C8H11N3O. The molecule has 64 valence electrons. The van der Waals surface area contributed by atoms with Crippen LogP contribution in [0.25, 0.3) is 0 Å². The molecule has 1 aliphatic heterocycles. The third-order valence-electron chi connectivity index (χ3n) is 1.85. The third-order valence-corrected chi connectivity index (χ3v) is 1.85. The van der Waals surface area contributed by atoms with Gasteiger partial charge < -0.3 is 10.1 Å². The van der Waals surface area contributed by atoms with Gasteiger partial charge in [-0.05, 0) is 18.6 Å². The zero-order valence-electron chi connectivity index (χ0n) is 6.73. The maximum Gasteiger partial charge on any atom is 0.148 e. The average molecular weight is 165 g/mol. The molecule has 1 N–H and O–H groups in total. The van der Waals surface area contributed by atoms with Crippen LogP contribution in [0.2, 0.25) is 0 Å². The maximum atomic E-state index is 5.22. The first-order valence-corrected chi connectivity index (χ1v) is 4.07. The Kier molecular flexibility index (Phi) is 2.18. The van der Waals surface area contributed by atoms with Gasteiger partial charge in [0.05, 0.1) is 12.6 Å². The monoisotopic (exact) mass is 165 g/mol. The summed E-state index contributed by atoms with van der Waals surface area (Å²) in [7, 11) is 0. The largest absolute Gasteiger partial charge is 0.379 e. The van der Waals surface area contributed by atoms with Crippen molar-refractivity contribution in [3.63, 3.8) is 0 Å². The van der Waals surface area contributed by atoms with E-state index in [4.69, 9.17) is 4.74 Å². The molecule has 1 atom stereocenters. The molecule has 0 spiro atoms. The second kappa shape index (κ2) is 3.49. The lowest BCUT2D eigenvalue weighted by molar-refractivity contribution is 0.195. The molecule has 1 aromatic rings. The van der Waals surface area contributed by atoms with E-state index < -0.39 is 0 Å². The number of ether oxygens (including phenoxy) is 1. The fourth-order valence-corrected chi connectivity index (χ4v) is 1.24. The molecule has 1 unspecified atom stereocenters. The van der Waals surface area contributed by atoms with Crippen molar-refractivity contribution in [2.75, 3.05) is 18.5 Å². The minimum atomic E-state index is 0.404. The van der Waals surface area contributed by atoms with Crippen molar-refractivity contribution < 1.29 is 4.74 Å². The van der Waals surface area contributed by atoms with E-state index in [1.54, 1.807) is 6.20 Å². The highest BCUT2D eigenvalue weighted by Gasteiger charge is 2.14. The predicted octanol–water partition coefficient (Wildman–Crippen LogP) is 0.677. The fourth-order valence-electron chi connectivity index (χ4n) is 1.24. The maximum absolute atomic E-state index is 5.22. The second-order valence-corrected chi connectivity index (χ2v) is 2.81. The summed E-state index contributed by atoms with van der Waals surface area (Å²) in [4.78, 5) is 0. The Hall–Kier alpha value is -1.16. The van der Waals surface area contributed by atoms with Crippen LogP contribution in [0.1, 0.15) is 6.42 Å². The van der Waals surface area contributed by atoms with E-state index in [0.29, 0.717) is 6.04 Å². The van der Waals surface area contributed by atoms with Crippen molar-refractivity contribution in [2.45, 2.75) is 12.5 Å². The van der Waals surface area contributed by atoms with E-state index in [1.165, 1.54) is 0 Å². The normalized spacial score (nSPS) is 22.5. The van der Waals surface area contributed by atoms with Crippen molar-refractivity contribution in [1.29, 1.82) is 0 Å². The Labute approximate surface area is 71.0 Å². The second-order valence-electron chi connectivity index (χ2n) is 2.81. The highest BCUT2D eigenvalue weighted by molar-refractivity contribution is 5.33. The van der Waals surface area contributed by atoms with Gasteiger partial charge in [0.25, 0.3) is 0 Å². The van der Waals surface area contributed by atoms with E-state index >= 15 is 0 Å². The van der Waals surface area contributed by atoms with Gasteiger partial charge in [0.1, 0.15) is 5.82 Å². The zero-order valence-corrected chi connectivity index (χ0v) is 6.73. The molecule has 0 aliphatic carbocycles. The van der Waals surface area contributed by atoms with E-state index in [0.717, 1.165) is 25.5 Å². The van der Waals surface area contributed by atoms with Crippen LogP contribution in [0.5, 0.6) is 0 Å². The van der Waals surface area contributed by atoms with E-state index in [-0.39, 0.29) is 0 Å². The molecule has 0 aromatic carbocycles. The van der Waals surface area contributed by atoms with Crippen LogP contribution in [-0.4, -0.2) is 29.5 Å². The lowest BCUT2D eigenvalue weighted by atomic mass is 10.2. The first-order valence-electron chi connectivity index (χ1n) is 4.07. The molecule has 12 heavy (non-hydrogen) atoms. The van der Waals surface area contributed by atoms with Crippen LogP contribution in [-0.2, 0) is 4.74 Å². The number of nitrogens with zero attached hydrogens (tertiary/aromatic N) is 2. The summed E-state index contributed by atoms with van der Waals surface area (Å²) >= 11 is 0. The van der Waals surface area contributed by atoms with E-state index in [2.05, 4.69) is 15.5 Å². The number of rotatable bonds is 2. The van der Waals surface area contributed by atoms with Gasteiger partial charge >= 0.3 is 0 Å². The molecule has 0 bridgehead atoms. The quantitative estimate of drug-likeness (QED) is 0.700.